The van der Waals surface area contributed by atoms with E-state index in [-0.39, 0.29) is 0 Å². The summed E-state index contributed by atoms with van der Waals surface area (Å²) in [5.41, 5.74) is -2.06. The molecule has 26 heavy (non-hydrogen) atoms. The van der Waals surface area contributed by atoms with Gasteiger partial charge in [-0.05, 0) is 25.7 Å². The standard InChI is InChI=1S/C18H36O6P2/c1-5-9-13-17(14-10-6-2,23-25(19)20)18(15-11-7-3,16-12-8-4)24-26(21)22/h5-16H2,1-4H3/p+2. The Balaban J connectivity index is 6.22. The number of unbranched alkanes of at least 4 members (excludes halogenated alkanes) is 4. The van der Waals surface area contributed by atoms with Gasteiger partial charge in [-0.2, -0.15) is 0 Å². The van der Waals surface area contributed by atoms with E-state index in [1.807, 2.05) is 0 Å². The van der Waals surface area contributed by atoms with E-state index < -0.39 is 27.7 Å². The molecule has 0 aliphatic heterocycles. The average Bonchev–Trinajstić information content (AvgIpc) is 2.58. The number of rotatable bonds is 17. The molecule has 2 unspecified atom stereocenters. The van der Waals surface area contributed by atoms with Gasteiger partial charge in [0.25, 0.3) is 0 Å². The van der Waals surface area contributed by atoms with Crippen LogP contribution in [0.3, 0.4) is 0 Å². The molecule has 0 aromatic carbocycles. The second kappa shape index (κ2) is 14.1. The van der Waals surface area contributed by atoms with Gasteiger partial charge >= 0.3 is 16.5 Å². The summed E-state index contributed by atoms with van der Waals surface area (Å²) in [7, 11) is -5.69. The molecule has 0 heterocycles. The first kappa shape index (κ1) is 26.0. The molecule has 6 nitrogen and oxygen atoms in total. The highest BCUT2D eigenvalue weighted by molar-refractivity contribution is 7.32. The summed E-state index contributed by atoms with van der Waals surface area (Å²) < 4.78 is 34.9. The molecule has 0 rings (SSSR count). The van der Waals surface area contributed by atoms with Crippen LogP contribution in [-0.4, -0.2) is 21.0 Å². The molecule has 0 aliphatic carbocycles. The monoisotopic (exact) mass is 412 g/mol. The Hall–Kier alpha value is 0.0400. The van der Waals surface area contributed by atoms with Crippen LogP contribution in [0.2, 0.25) is 0 Å². The van der Waals surface area contributed by atoms with Gasteiger partial charge in [-0.1, -0.05) is 79.1 Å². The lowest BCUT2D eigenvalue weighted by Crippen LogP contribution is -2.56. The molecule has 0 aromatic rings. The molecule has 0 spiro atoms. The smallest absolute Gasteiger partial charge is 0.133 e. The minimum atomic E-state index is -2.85. The van der Waals surface area contributed by atoms with Crippen molar-refractivity contribution in [3.05, 3.63) is 0 Å². The van der Waals surface area contributed by atoms with Crippen molar-refractivity contribution >= 4 is 16.5 Å². The van der Waals surface area contributed by atoms with Gasteiger partial charge < -0.3 is 0 Å². The lowest BCUT2D eigenvalue weighted by Gasteiger charge is -2.43. The van der Waals surface area contributed by atoms with E-state index in [2.05, 4.69) is 27.7 Å². The Labute approximate surface area is 161 Å². The number of hydrogen-bond donors (Lipinski definition) is 2. The fourth-order valence-corrected chi connectivity index (χ4v) is 4.95. The van der Waals surface area contributed by atoms with E-state index in [0.29, 0.717) is 25.7 Å². The van der Waals surface area contributed by atoms with Gasteiger partial charge in [-0.3, -0.25) is 0 Å². The van der Waals surface area contributed by atoms with Crippen molar-refractivity contribution < 1.29 is 28.0 Å². The maximum Gasteiger partial charge on any atom is 0.695 e. The van der Waals surface area contributed by atoms with Gasteiger partial charge in [0, 0.05) is 9.13 Å². The Morgan fingerprint density at radius 2 is 0.846 bits per heavy atom. The highest BCUT2D eigenvalue weighted by Crippen LogP contribution is 2.52. The second-order valence-corrected chi connectivity index (χ2v) is 8.38. The molecular formula is C18H38O6P2+2. The van der Waals surface area contributed by atoms with Gasteiger partial charge in [0.2, 0.25) is 0 Å². The summed E-state index contributed by atoms with van der Waals surface area (Å²) in [6, 6.07) is 0. The highest BCUT2D eigenvalue weighted by Gasteiger charge is 2.61. The first-order chi connectivity index (χ1) is 12.3. The fourth-order valence-electron chi connectivity index (χ4n) is 3.66. The van der Waals surface area contributed by atoms with Crippen LogP contribution >= 0.6 is 16.5 Å². The van der Waals surface area contributed by atoms with Crippen LogP contribution in [0.4, 0.5) is 0 Å². The SMILES string of the molecule is CCCCC(CCCC)(O[P+](=O)O)C(CCCC)(CCCC)O[P+](=O)O. The topological polar surface area (TPSA) is 93.1 Å². The van der Waals surface area contributed by atoms with E-state index in [0.717, 1.165) is 51.4 Å². The average molecular weight is 412 g/mol. The first-order valence-electron chi connectivity index (χ1n) is 10.0. The minimum absolute atomic E-state index is 0.543. The van der Waals surface area contributed by atoms with Crippen molar-refractivity contribution in [2.75, 3.05) is 0 Å². The lowest BCUT2D eigenvalue weighted by atomic mass is 9.71. The van der Waals surface area contributed by atoms with Gasteiger partial charge in [0.1, 0.15) is 0 Å². The van der Waals surface area contributed by atoms with Crippen LogP contribution < -0.4 is 0 Å². The van der Waals surface area contributed by atoms with E-state index in [9.17, 15) is 18.9 Å². The van der Waals surface area contributed by atoms with Crippen molar-refractivity contribution in [3.63, 3.8) is 0 Å². The molecule has 0 aromatic heterocycles. The molecule has 0 fully saturated rings. The van der Waals surface area contributed by atoms with Crippen LogP contribution in [0.1, 0.15) is 105 Å². The van der Waals surface area contributed by atoms with Crippen LogP contribution in [0.5, 0.6) is 0 Å². The van der Waals surface area contributed by atoms with Crippen LogP contribution in [0.15, 0.2) is 0 Å². The van der Waals surface area contributed by atoms with Crippen molar-refractivity contribution in [3.8, 4) is 0 Å². The molecule has 8 heteroatoms. The lowest BCUT2D eigenvalue weighted by molar-refractivity contribution is -0.140. The van der Waals surface area contributed by atoms with Crippen molar-refractivity contribution in [1.82, 2.24) is 0 Å². The molecule has 2 atom stereocenters. The van der Waals surface area contributed by atoms with E-state index in [1.54, 1.807) is 0 Å². The third-order valence-corrected chi connectivity index (χ3v) is 6.08. The zero-order valence-corrected chi connectivity index (χ0v) is 18.7. The van der Waals surface area contributed by atoms with E-state index in [4.69, 9.17) is 9.05 Å². The summed E-state index contributed by atoms with van der Waals surface area (Å²) in [6.45, 7) is 8.21. The quantitative estimate of drug-likeness (QED) is 0.263. The largest absolute Gasteiger partial charge is 0.695 e. The maximum atomic E-state index is 11.8. The summed E-state index contributed by atoms with van der Waals surface area (Å²) >= 11 is 0. The zero-order valence-electron chi connectivity index (χ0n) is 16.9. The summed E-state index contributed by atoms with van der Waals surface area (Å²) in [6.07, 6.45) is 9.01. The fraction of sp³-hybridized carbons (Fsp3) is 1.00. The predicted octanol–water partition coefficient (Wildman–Crippen LogP) is 6.56. The molecule has 2 N–H and O–H groups in total. The molecule has 0 aliphatic rings. The maximum absolute atomic E-state index is 11.8. The summed E-state index contributed by atoms with van der Waals surface area (Å²) in [4.78, 5) is 19.3. The highest BCUT2D eigenvalue weighted by atomic mass is 31.1. The molecular weight excluding hydrogens is 374 g/mol. The Morgan fingerprint density at radius 1 is 0.615 bits per heavy atom. The van der Waals surface area contributed by atoms with E-state index >= 15 is 0 Å². The minimum Gasteiger partial charge on any atom is -0.133 e. The van der Waals surface area contributed by atoms with Crippen molar-refractivity contribution in [1.29, 1.82) is 0 Å². The number of hydrogen-bond acceptors (Lipinski definition) is 4. The third kappa shape index (κ3) is 8.37. The third-order valence-electron chi connectivity index (χ3n) is 5.07. The second-order valence-electron chi connectivity index (χ2n) is 7.06. The Kier molecular flexibility index (Phi) is 14.1. The van der Waals surface area contributed by atoms with Crippen LogP contribution in [0.25, 0.3) is 0 Å². The normalized spacial score (nSPS) is 13.8. The van der Waals surface area contributed by atoms with Gasteiger partial charge in [-0.15, -0.1) is 18.8 Å². The van der Waals surface area contributed by atoms with E-state index in [1.165, 1.54) is 0 Å². The van der Waals surface area contributed by atoms with Crippen LogP contribution in [-0.2, 0) is 18.2 Å². The first-order valence-corrected chi connectivity index (χ1v) is 12.3. The van der Waals surface area contributed by atoms with Gasteiger partial charge in [0.05, 0.1) is 0 Å². The summed E-state index contributed by atoms with van der Waals surface area (Å²) in [5, 5.41) is 0. The van der Waals surface area contributed by atoms with Crippen molar-refractivity contribution in [2.24, 2.45) is 0 Å². The molecule has 0 saturated carbocycles. The molecule has 0 radical (unpaired) electrons. The molecule has 0 bridgehead atoms. The Morgan fingerprint density at radius 3 is 1.00 bits per heavy atom. The Bertz CT molecular complexity index is 362. The molecule has 0 amide bonds. The van der Waals surface area contributed by atoms with Crippen LogP contribution in [0, 0.1) is 0 Å². The van der Waals surface area contributed by atoms with Gasteiger partial charge in [0.15, 0.2) is 11.2 Å². The summed E-state index contributed by atoms with van der Waals surface area (Å²) in [5.74, 6) is 0. The predicted molar refractivity (Wildman–Crippen MR) is 105 cm³/mol. The molecule has 0 saturated heterocycles. The zero-order chi connectivity index (χ0) is 20.1. The van der Waals surface area contributed by atoms with Crippen molar-refractivity contribution in [2.45, 2.75) is 116 Å². The van der Waals surface area contributed by atoms with Gasteiger partial charge in [-0.25, -0.2) is 0 Å². The molecule has 154 valence electrons.